The smallest absolute Gasteiger partial charge is 0.408 e. The number of nitriles is 1. The maximum Gasteiger partial charge on any atom is 0.408 e. The Kier molecular flexibility index (Phi) is 13.3. The minimum absolute atomic E-state index is 0.0520. The average Bonchev–Trinajstić information content (AvgIpc) is 3.03. The second-order valence-electron chi connectivity index (χ2n) is 13.6. The second kappa shape index (κ2) is 17.1. The van der Waals surface area contributed by atoms with E-state index in [1.165, 1.54) is 0 Å². The Bertz CT molecular complexity index is 1640. The van der Waals surface area contributed by atoms with Gasteiger partial charge in [-0.05, 0) is 69.9 Å². The van der Waals surface area contributed by atoms with Gasteiger partial charge in [0, 0.05) is 12.8 Å². The van der Waals surface area contributed by atoms with Crippen molar-refractivity contribution in [3.63, 3.8) is 0 Å². The number of hydrogen-bond donors (Lipinski definition) is 2. The van der Waals surface area contributed by atoms with E-state index in [2.05, 4.69) is 17.2 Å². The summed E-state index contributed by atoms with van der Waals surface area (Å²) in [4.78, 5) is 56.6. The molecule has 0 aliphatic heterocycles. The van der Waals surface area contributed by atoms with E-state index in [0.717, 1.165) is 16.0 Å². The Morgan fingerprint density at radius 3 is 1.86 bits per heavy atom. The van der Waals surface area contributed by atoms with Gasteiger partial charge in [0.2, 0.25) is 11.8 Å². The standard InChI is InChI=1S/C39H46N4O6/c1-8-27-20-15-21-30(24-27)33(34(44)41-32(36(46)48-38(2,3)4)26-29-18-13-10-14-19-29)43(23-22-40)35(45)31(25-28-16-11-9-12-17-28)42-37(47)49-39(5,6)7/h8-21,24,31-33H,1,23,25-26H2,2-7H3,(H,41,44)(H,42,47). The monoisotopic (exact) mass is 666 g/mol. The zero-order valence-corrected chi connectivity index (χ0v) is 29.1. The van der Waals surface area contributed by atoms with Crippen molar-refractivity contribution >= 4 is 30.0 Å². The van der Waals surface area contributed by atoms with Crippen molar-refractivity contribution in [1.29, 1.82) is 5.26 Å². The minimum atomic E-state index is -1.38. The maximum atomic E-state index is 14.5. The number of alkyl carbamates (subject to hydrolysis) is 1. The fourth-order valence-corrected chi connectivity index (χ4v) is 5.07. The van der Waals surface area contributed by atoms with Crippen molar-refractivity contribution in [1.82, 2.24) is 15.5 Å². The van der Waals surface area contributed by atoms with Gasteiger partial charge in [0.25, 0.3) is 0 Å². The van der Waals surface area contributed by atoms with Crippen LogP contribution in [-0.4, -0.2) is 58.6 Å². The Balaban J connectivity index is 2.11. The summed E-state index contributed by atoms with van der Waals surface area (Å²) in [6.45, 7) is 13.6. The fourth-order valence-electron chi connectivity index (χ4n) is 5.07. The molecule has 3 amide bonds. The van der Waals surface area contributed by atoms with Gasteiger partial charge >= 0.3 is 12.1 Å². The van der Waals surface area contributed by atoms with Gasteiger partial charge < -0.3 is 25.0 Å². The van der Waals surface area contributed by atoms with Crippen LogP contribution in [0.5, 0.6) is 0 Å². The Morgan fingerprint density at radius 2 is 1.35 bits per heavy atom. The van der Waals surface area contributed by atoms with E-state index in [1.807, 2.05) is 42.5 Å². The molecule has 10 nitrogen and oxygen atoms in total. The van der Waals surface area contributed by atoms with E-state index in [4.69, 9.17) is 9.47 Å². The molecule has 0 heterocycles. The van der Waals surface area contributed by atoms with E-state index >= 15 is 0 Å². The van der Waals surface area contributed by atoms with E-state index < -0.39 is 59.7 Å². The topological polar surface area (TPSA) is 138 Å². The molecule has 3 rings (SSSR count). The summed E-state index contributed by atoms with van der Waals surface area (Å²) in [7, 11) is 0. The number of nitrogens with one attached hydrogen (secondary N) is 2. The number of hydrogen-bond acceptors (Lipinski definition) is 7. The molecule has 10 heteroatoms. The van der Waals surface area contributed by atoms with Crippen molar-refractivity contribution in [3.05, 3.63) is 114 Å². The van der Waals surface area contributed by atoms with Crippen LogP contribution in [0.4, 0.5) is 4.79 Å². The lowest BCUT2D eigenvalue weighted by atomic mass is 9.98. The first-order chi connectivity index (χ1) is 23.1. The summed E-state index contributed by atoms with van der Waals surface area (Å²) >= 11 is 0. The first-order valence-corrected chi connectivity index (χ1v) is 16.1. The summed E-state index contributed by atoms with van der Waals surface area (Å²) in [5.74, 6) is -2.07. The summed E-state index contributed by atoms with van der Waals surface area (Å²) in [5.41, 5.74) is 0.862. The van der Waals surface area contributed by atoms with Crippen LogP contribution in [0.3, 0.4) is 0 Å². The van der Waals surface area contributed by atoms with Crippen LogP contribution in [0.1, 0.15) is 69.8 Å². The van der Waals surface area contributed by atoms with Crippen LogP contribution >= 0.6 is 0 Å². The molecule has 0 radical (unpaired) electrons. The molecule has 49 heavy (non-hydrogen) atoms. The van der Waals surface area contributed by atoms with Crippen LogP contribution in [0.15, 0.2) is 91.5 Å². The first-order valence-electron chi connectivity index (χ1n) is 16.1. The average molecular weight is 667 g/mol. The van der Waals surface area contributed by atoms with Crippen LogP contribution in [0.2, 0.25) is 0 Å². The van der Waals surface area contributed by atoms with E-state index in [9.17, 15) is 24.4 Å². The van der Waals surface area contributed by atoms with Gasteiger partial charge in [0.05, 0.1) is 6.07 Å². The van der Waals surface area contributed by atoms with E-state index in [0.29, 0.717) is 11.1 Å². The number of esters is 1. The first kappa shape index (κ1) is 38.0. The third kappa shape index (κ3) is 12.3. The fraction of sp³-hybridized carbons (Fsp3) is 0.359. The summed E-state index contributed by atoms with van der Waals surface area (Å²) in [6.07, 6.45) is 0.928. The molecule has 0 fully saturated rings. The van der Waals surface area contributed by atoms with Crippen LogP contribution in [0.25, 0.3) is 6.08 Å². The lowest BCUT2D eigenvalue weighted by molar-refractivity contribution is -0.159. The minimum Gasteiger partial charge on any atom is -0.458 e. The van der Waals surface area contributed by atoms with Crippen molar-refractivity contribution < 1.29 is 28.7 Å². The van der Waals surface area contributed by atoms with Gasteiger partial charge in [-0.25, -0.2) is 9.59 Å². The van der Waals surface area contributed by atoms with Gasteiger partial charge in [0.15, 0.2) is 0 Å². The zero-order chi connectivity index (χ0) is 36.2. The maximum absolute atomic E-state index is 14.5. The number of ether oxygens (including phenoxy) is 2. The van der Waals surface area contributed by atoms with Gasteiger partial charge in [-0.15, -0.1) is 0 Å². The zero-order valence-electron chi connectivity index (χ0n) is 29.1. The van der Waals surface area contributed by atoms with Crippen LogP contribution < -0.4 is 10.6 Å². The van der Waals surface area contributed by atoms with Gasteiger partial charge in [-0.2, -0.15) is 5.26 Å². The van der Waals surface area contributed by atoms with Gasteiger partial charge in [-0.3, -0.25) is 9.59 Å². The highest BCUT2D eigenvalue weighted by Crippen LogP contribution is 2.25. The van der Waals surface area contributed by atoms with Crippen molar-refractivity contribution in [2.45, 2.75) is 83.7 Å². The number of nitrogens with zero attached hydrogens (tertiary/aromatic N) is 2. The lowest BCUT2D eigenvalue weighted by Gasteiger charge is -2.34. The lowest BCUT2D eigenvalue weighted by Crippen LogP contribution is -2.55. The SMILES string of the molecule is C=Cc1cccc(C(C(=O)NC(Cc2ccccc2)C(=O)OC(C)(C)C)N(CC#N)C(=O)C(Cc2ccccc2)NC(=O)OC(C)(C)C)c1. The molecule has 258 valence electrons. The quantitative estimate of drug-likeness (QED) is 0.170. The van der Waals surface area contributed by atoms with Gasteiger partial charge in [0.1, 0.15) is 35.9 Å². The molecule has 3 aromatic rings. The molecule has 2 N–H and O–H groups in total. The largest absolute Gasteiger partial charge is 0.458 e. The third-order valence-electron chi connectivity index (χ3n) is 7.11. The number of benzene rings is 3. The summed E-state index contributed by atoms with van der Waals surface area (Å²) < 4.78 is 11.1. The molecule has 0 aliphatic carbocycles. The Labute approximate surface area is 289 Å². The predicted molar refractivity (Wildman–Crippen MR) is 188 cm³/mol. The normalized spacial score (nSPS) is 13.1. The highest BCUT2D eigenvalue weighted by atomic mass is 16.6. The molecule has 0 aromatic heterocycles. The van der Waals surface area contributed by atoms with Gasteiger partial charge in [-0.1, -0.05) is 91.5 Å². The highest BCUT2D eigenvalue weighted by Gasteiger charge is 2.38. The molecule has 0 saturated heterocycles. The van der Waals surface area contributed by atoms with Crippen LogP contribution in [-0.2, 0) is 36.7 Å². The number of amides is 3. The van der Waals surface area contributed by atoms with Crippen molar-refractivity contribution in [2.75, 3.05) is 6.54 Å². The molecule has 0 aliphatic rings. The molecule has 3 unspecified atom stereocenters. The third-order valence-corrected chi connectivity index (χ3v) is 7.11. The molecule has 3 aromatic carbocycles. The molecule has 3 atom stereocenters. The van der Waals surface area contributed by atoms with Crippen molar-refractivity contribution in [2.24, 2.45) is 0 Å². The molecule has 0 saturated carbocycles. The van der Waals surface area contributed by atoms with E-state index in [-0.39, 0.29) is 12.8 Å². The molecule has 0 spiro atoms. The predicted octanol–water partition coefficient (Wildman–Crippen LogP) is 5.93. The second-order valence-corrected chi connectivity index (χ2v) is 13.6. The van der Waals surface area contributed by atoms with E-state index in [1.54, 1.807) is 96.1 Å². The summed E-state index contributed by atoms with van der Waals surface area (Å²) in [5, 5.41) is 15.5. The number of rotatable bonds is 13. The van der Waals surface area contributed by atoms with Crippen molar-refractivity contribution in [3.8, 4) is 6.07 Å². The Morgan fingerprint density at radius 1 is 0.796 bits per heavy atom. The highest BCUT2D eigenvalue weighted by molar-refractivity contribution is 5.94. The summed E-state index contributed by atoms with van der Waals surface area (Å²) in [6, 6.07) is 23.3. The van der Waals surface area contributed by atoms with Crippen LogP contribution in [0, 0.1) is 11.3 Å². The molecule has 0 bridgehead atoms. The molecular weight excluding hydrogens is 620 g/mol. The molecular formula is C39H46N4O6. The Hall–Kier alpha value is -5.43. The number of carbonyl (C=O) groups is 4. The number of carbonyl (C=O) groups excluding carboxylic acids is 4.